The van der Waals surface area contributed by atoms with E-state index in [0.717, 1.165) is 19.0 Å². The molecule has 2 heterocycles. The van der Waals surface area contributed by atoms with Gasteiger partial charge >= 0.3 is 0 Å². The molecule has 0 bridgehead atoms. The van der Waals surface area contributed by atoms with Gasteiger partial charge in [0.25, 0.3) is 0 Å². The first kappa shape index (κ1) is 13.4. The van der Waals surface area contributed by atoms with Crippen molar-refractivity contribution in [2.75, 3.05) is 26.2 Å². The minimum Gasteiger partial charge on any atom is -0.361 e. The average Bonchev–Trinajstić information content (AvgIpc) is 3.20. The van der Waals surface area contributed by atoms with Crippen LogP contribution in [0.2, 0.25) is 0 Å². The van der Waals surface area contributed by atoms with E-state index in [0.29, 0.717) is 6.04 Å². The molecule has 0 amide bonds. The van der Waals surface area contributed by atoms with Crippen LogP contribution in [0.1, 0.15) is 37.3 Å². The molecule has 1 aliphatic carbocycles. The molecule has 3 nitrogen and oxygen atoms in total. The van der Waals surface area contributed by atoms with Crippen LogP contribution in [0.15, 0.2) is 30.5 Å². The Morgan fingerprint density at radius 1 is 1.05 bits per heavy atom. The van der Waals surface area contributed by atoms with Crippen LogP contribution in [0.25, 0.3) is 10.9 Å². The number of piperazine rings is 1. The molecule has 1 aromatic heterocycles. The summed E-state index contributed by atoms with van der Waals surface area (Å²) in [6, 6.07) is 9.38. The average molecular weight is 283 g/mol. The third-order valence-electron chi connectivity index (χ3n) is 5.33. The van der Waals surface area contributed by atoms with Gasteiger partial charge in [0.2, 0.25) is 0 Å². The number of H-pyrrole nitrogens is 1. The van der Waals surface area contributed by atoms with E-state index in [4.69, 9.17) is 0 Å². The van der Waals surface area contributed by atoms with Crippen molar-refractivity contribution in [3.05, 3.63) is 36.0 Å². The molecular formula is C18H25N3. The molecular weight excluding hydrogens is 258 g/mol. The highest BCUT2D eigenvalue weighted by molar-refractivity contribution is 5.83. The Balaban J connectivity index is 1.73. The van der Waals surface area contributed by atoms with Gasteiger partial charge in [-0.05, 0) is 30.4 Å². The summed E-state index contributed by atoms with van der Waals surface area (Å²) in [5, 5.41) is 4.92. The van der Waals surface area contributed by atoms with Crippen molar-refractivity contribution < 1.29 is 0 Å². The van der Waals surface area contributed by atoms with Crippen LogP contribution in [0.4, 0.5) is 0 Å². The maximum absolute atomic E-state index is 3.49. The number of hydrogen-bond acceptors (Lipinski definition) is 2. The zero-order valence-electron chi connectivity index (χ0n) is 12.6. The SMILES string of the molecule is c1ccc2c([C@H](C3CCCC3)N3CCNCC3)c[nH]c2c1. The summed E-state index contributed by atoms with van der Waals surface area (Å²) in [5.41, 5.74) is 2.81. The summed E-state index contributed by atoms with van der Waals surface area (Å²) in [4.78, 5) is 6.21. The Hall–Kier alpha value is -1.32. The first-order chi connectivity index (χ1) is 10.4. The van der Waals surface area contributed by atoms with Crippen molar-refractivity contribution in [1.29, 1.82) is 0 Å². The van der Waals surface area contributed by atoms with Gasteiger partial charge in [0.05, 0.1) is 0 Å². The lowest BCUT2D eigenvalue weighted by molar-refractivity contribution is 0.126. The minimum atomic E-state index is 0.603. The standard InChI is InChI=1S/C18H25N3/c1-2-6-14(5-1)18(21-11-9-19-10-12-21)16-13-20-17-8-4-3-7-15(16)17/h3-4,7-8,13-14,18-20H,1-2,5-6,9-12H2/t18-/m0/s1. The number of nitrogens with zero attached hydrogens (tertiary/aromatic N) is 1. The lowest BCUT2D eigenvalue weighted by Crippen LogP contribution is -2.46. The number of aromatic amines is 1. The van der Waals surface area contributed by atoms with E-state index in [1.54, 1.807) is 0 Å². The molecule has 1 aliphatic heterocycles. The predicted molar refractivity (Wildman–Crippen MR) is 87.4 cm³/mol. The van der Waals surface area contributed by atoms with Gasteiger partial charge in [-0.25, -0.2) is 0 Å². The highest BCUT2D eigenvalue weighted by Crippen LogP contribution is 2.41. The molecule has 0 unspecified atom stereocenters. The van der Waals surface area contributed by atoms with Crippen LogP contribution in [0, 0.1) is 5.92 Å². The Kier molecular flexibility index (Phi) is 3.70. The van der Waals surface area contributed by atoms with Crippen molar-refractivity contribution in [3.63, 3.8) is 0 Å². The number of aromatic nitrogens is 1. The van der Waals surface area contributed by atoms with Crippen LogP contribution in [0.3, 0.4) is 0 Å². The maximum Gasteiger partial charge on any atom is 0.0457 e. The summed E-state index contributed by atoms with van der Waals surface area (Å²) in [6.45, 7) is 4.62. The largest absolute Gasteiger partial charge is 0.361 e. The van der Waals surface area contributed by atoms with E-state index in [2.05, 4.69) is 45.7 Å². The van der Waals surface area contributed by atoms with Gasteiger partial charge in [0.15, 0.2) is 0 Å². The van der Waals surface area contributed by atoms with Gasteiger partial charge < -0.3 is 10.3 Å². The first-order valence-electron chi connectivity index (χ1n) is 8.44. The van der Waals surface area contributed by atoms with Crippen LogP contribution in [-0.2, 0) is 0 Å². The lowest BCUT2D eigenvalue weighted by atomic mass is 9.89. The smallest absolute Gasteiger partial charge is 0.0457 e. The fraction of sp³-hybridized carbons (Fsp3) is 0.556. The molecule has 21 heavy (non-hydrogen) atoms. The molecule has 1 saturated carbocycles. The molecule has 3 heteroatoms. The van der Waals surface area contributed by atoms with E-state index in [1.165, 1.54) is 55.2 Å². The van der Waals surface area contributed by atoms with Gasteiger partial charge in [0.1, 0.15) is 0 Å². The molecule has 2 fully saturated rings. The van der Waals surface area contributed by atoms with Gasteiger partial charge in [-0.2, -0.15) is 0 Å². The molecule has 2 aliphatic rings. The maximum atomic E-state index is 3.49. The van der Waals surface area contributed by atoms with Gasteiger partial charge in [0, 0.05) is 49.3 Å². The number of rotatable bonds is 3. The normalized spacial score (nSPS) is 22.9. The topological polar surface area (TPSA) is 31.1 Å². The molecule has 0 spiro atoms. The highest BCUT2D eigenvalue weighted by atomic mass is 15.2. The second-order valence-electron chi connectivity index (χ2n) is 6.56. The van der Waals surface area contributed by atoms with Crippen molar-refractivity contribution in [2.24, 2.45) is 5.92 Å². The van der Waals surface area contributed by atoms with Crippen molar-refractivity contribution in [3.8, 4) is 0 Å². The molecule has 0 radical (unpaired) electrons. The van der Waals surface area contributed by atoms with Crippen LogP contribution in [0.5, 0.6) is 0 Å². The van der Waals surface area contributed by atoms with Crippen LogP contribution in [-0.4, -0.2) is 36.1 Å². The van der Waals surface area contributed by atoms with Crippen molar-refractivity contribution in [2.45, 2.75) is 31.7 Å². The Morgan fingerprint density at radius 3 is 2.62 bits per heavy atom. The fourth-order valence-corrected chi connectivity index (χ4v) is 4.32. The van der Waals surface area contributed by atoms with E-state index >= 15 is 0 Å². The zero-order chi connectivity index (χ0) is 14.1. The number of nitrogens with one attached hydrogen (secondary N) is 2. The molecule has 2 N–H and O–H groups in total. The number of hydrogen-bond donors (Lipinski definition) is 2. The lowest BCUT2D eigenvalue weighted by Gasteiger charge is -2.38. The number of fused-ring (bicyclic) bond motifs is 1. The summed E-state index contributed by atoms with van der Waals surface area (Å²) >= 11 is 0. The molecule has 1 aromatic carbocycles. The quantitative estimate of drug-likeness (QED) is 0.905. The van der Waals surface area contributed by atoms with Gasteiger partial charge in [-0.1, -0.05) is 31.0 Å². The van der Waals surface area contributed by atoms with Crippen LogP contribution < -0.4 is 5.32 Å². The van der Waals surface area contributed by atoms with E-state index in [1.807, 2.05) is 0 Å². The predicted octanol–water partition coefficient (Wildman–Crippen LogP) is 3.30. The van der Waals surface area contributed by atoms with Crippen molar-refractivity contribution in [1.82, 2.24) is 15.2 Å². The monoisotopic (exact) mass is 283 g/mol. The molecule has 4 rings (SSSR count). The van der Waals surface area contributed by atoms with Crippen molar-refractivity contribution >= 4 is 10.9 Å². The molecule has 2 aromatic rings. The zero-order valence-corrected chi connectivity index (χ0v) is 12.6. The minimum absolute atomic E-state index is 0.603. The summed E-state index contributed by atoms with van der Waals surface area (Å²) in [5.74, 6) is 0.835. The molecule has 1 atom stereocenters. The number of benzene rings is 1. The Morgan fingerprint density at radius 2 is 1.81 bits per heavy atom. The Bertz CT molecular complexity index is 591. The second-order valence-corrected chi connectivity index (χ2v) is 6.56. The first-order valence-corrected chi connectivity index (χ1v) is 8.44. The van der Waals surface area contributed by atoms with Gasteiger partial charge in [-0.15, -0.1) is 0 Å². The number of para-hydroxylation sites is 1. The summed E-state index contributed by atoms with van der Waals surface area (Å²) < 4.78 is 0. The van der Waals surface area contributed by atoms with Gasteiger partial charge in [-0.3, -0.25) is 4.90 Å². The Labute approximate surface area is 126 Å². The van der Waals surface area contributed by atoms with Crippen LogP contribution >= 0.6 is 0 Å². The highest BCUT2D eigenvalue weighted by Gasteiger charge is 2.33. The second kappa shape index (κ2) is 5.82. The third kappa shape index (κ3) is 2.49. The van der Waals surface area contributed by atoms with E-state index < -0.39 is 0 Å². The van der Waals surface area contributed by atoms with E-state index in [9.17, 15) is 0 Å². The van der Waals surface area contributed by atoms with E-state index in [-0.39, 0.29) is 0 Å². The fourth-order valence-electron chi connectivity index (χ4n) is 4.32. The summed E-state index contributed by atoms with van der Waals surface area (Å²) in [6.07, 6.45) is 7.89. The third-order valence-corrected chi connectivity index (χ3v) is 5.33. The molecule has 112 valence electrons. The molecule has 1 saturated heterocycles. The summed E-state index contributed by atoms with van der Waals surface area (Å²) in [7, 11) is 0.